The van der Waals surface area contributed by atoms with E-state index in [4.69, 9.17) is 5.73 Å². The number of benzene rings is 2. The molecule has 0 saturated carbocycles. The van der Waals surface area contributed by atoms with E-state index in [0.29, 0.717) is 28.4 Å². The highest BCUT2D eigenvalue weighted by atomic mass is 19.1. The van der Waals surface area contributed by atoms with Gasteiger partial charge in [0.2, 0.25) is 0 Å². The molecule has 2 N–H and O–H groups in total. The molecule has 2 aromatic rings. The molecule has 2 aromatic carbocycles. The van der Waals surface area contributed by atoms with Gasteiger partial charge in [0.1, 0.15) is 11.6 Å². The Morgan fingerprint density at radius 2 is 1.65 bits per heavy atom. The van der Waals surface area contributed by atoms with Gasteiger partial charge in [-0.15, -0.1) is 0 Å². The fraction of sp³-hybridized carbons (Fsp3) is 0.412. The Morgan fingerprint density at radius 3 is 2.15 bits per heavy atom. The smallest absolute Gasteiger partial charge is 0.134 e. The Labute approximate surface area is 119 Å². The molecule has 0 bridgehead atoms. The van der Waals surface area contributed by atoms with Crippen molar-refractivity contribution in [3.8, 4) is 0 Å². The van der Waals surface area contributed by atoms with Crippen LogP contribution in [0.4, 0.5) is 14.5 Å². The summed E-state index contributed by atoms with van der Waals surface area (Å²) in [6.45, 7) is 9.86. The zero-order chi connectivity index (χ0) is 15.4. The van der Waals surface area contributed by atoms with Crippen LogP contribution in [0, 0.1) is 11.6 Å². The van der Waals surface area contributed by atoms with Crippen LogP contribution in [0.5, 0.6) is 0 Å². The van der Waals surface area contributed by atoms with Crippen molar-refractivity contribution in [3.05, 3.63) is 41.0 Å². The molecular weight excluding hydrogens is 256 g/mol. The number of hydrogen-bond acceptors (Lipinski definition) is 1. The second kappa shape index (κ2) is 6.69. The SMILES string of the molecule is CC.CCc1c(F)cc(F)c2cc(N)cc(C(C)C)c12. The molecule has 0 radical (unpaired) electrons. The third-order valence-corrected chi connectivity index (χ3v) is 3.27. The Bertz CT molecular complexity index is 604. The van der Waals surface area contributed by atoms with Crippen molar-refractivity contribution in [1.82, 2.24) is 0 Å². The molecule has 0 aliphatic carbocycles. The number of hydrogen-bond donors (Lipinski definition) is 1. The van der Waals surface area contributed by atoms with Crippen LogP contribution in [-0.2, 0) is 6.42 Å². The van der Waals surface area contributed by atoms with Crippen LogP contribution < -0.4 is 5.73 Å². The summed E-state index contributed by atoms with van der Waals surface area (Å²) in [7, 11) is 0. The standard InChI is InChI=1S/C15H17F2N.C2H6/c1-4-10-13(16)7-14(17)12-6-9(18)5-11(8(2)3)15(10)12;1-2/h5-8H,4,18H2,1-3H3;1-2H3. The molecule has 2 rings (SSSR count). The van der Waals surface area contributed by atoms with Gasteiger partial charge in [0.25, 0.3) is 0 Å². The number of nitrogens with two attached hydrogens (primary N) is 1. The minimum Gasteiger partial charge on any atom is -0.399 e. The Hall–Kier alpha value is -1.64. The molecule has 0 aromatic heterocycles. The summed E-state index contributed by atoms with van der Waals surface area (Å²) in [5.41, 5.74) is 7.78. The van der Waals surface area contributed by atoms with Crippen molar-refractivity contribution in [2.45, 2.75) is 47.0 Å². The first-order valence-corrected chi connectivity index (χ1v) is 7.15. The quantitative estimate of drug-likeness (QED) is 0.730. The third-order valence-electron chi connectivity index (χ3n) is 3.27. The van der Waals surface area contributed by atoms with Crippen molar-refractivity contribution in [3.63, 3.8) is 0 Å². The molecule has 3 heteroatoms. The van der Waals surface area contributed by atoms with Crippen molar-refractivity contribution in [1.29, 1.82) is 0 Å². The number of rotatable bonds is 2. The van der Waals surface area contributed by atoms with E-state index in [1.54, 1.807) is 6.07 Å². The predicted octanol–water partition coefficient (Wildman–Crippen LogP) is 5.41. The average Bonchev–Trinajstić information content (AvgIpc) is 2.41. The van der Waals surface area contributed by atoms with E-state index < -0.39 is 11.6 Å². The Balaban J connectivity index is 0.000000956. The second-order valence-electron chi connectivity index (χ2n) is 4.86. The molecule has 0 aliphatic heterocycles. The summed E-state index contributed by atoms with van der Waals surface area (Å²) < 4.78 is 27.7. The van der Waals surface area contributed by atoms with Crippen LogP contribution in [0.3, 0.4) is 0 Å². The zero-order valence-corrected chi connectivity index (χ0v) is 12.8. The lowest BCUT2D eigenvalue weighted by Crippen LogP contribution is -2.01. The van der Waals surface area contributed by atoms with Crippen LogP contribution in [0.2, 0.25) is 0 Å². The highest BCUT2D eigenvalue weighted by Gasteiger charge is 2.16. The molecule has 0 aliphatic rings. The number of nitrogen functional groups attached to an aromatic ring is 1. The average molecular weight is 279 g/mol. The fourth-order valence-corrected chi connectivity index (χ4v) is 2.41. The highest BCUT2D eigenvalue weighted by molar-refractivity contribution is 5.92. The summed E-state index contributed by atoms with van der Waals surface area (Å²) in [5, 5.41) is 1.09. The maximum atomic E-state index is 13.9. The van der Waals surface area contributed by atoms with Gasteiger partial charge >= 0.3 is 0 Å². The van der Waals surface area contributed by atoms with Crippen LogP contribution in [0.1, 0.15) is 51.7 Å². The normalized spacial score (nSPS) is 10.6. The molecule has 0 unspecified atom stereocenters. The van der Waals surface area contributed by atoms with E-state index in [9.17, 15) is 8.78 Å². The van der Waals surface area contributed by atoms with Crippen LogP contribution in [0.25, 0.3) is 10.8 Å². The maximum absolute atomic E-state index is 13.9. The minimum atomic E-state index is -0.547. The molecule has 0 amide bonds. The predicted molar refractivity (Wildman–Crippen MR) is 83.1 cm³/mol. The Morgan fingerprint density at radius 1 is 1.05 bits per heavy atom. The van der Waals surface area contributed by atoms with Crippen molar-refractivity contribution in [2.75, 3.05) is 5.73 Å². The largest absolute Gasteiger partial charge is 0.399 e. The maximum Gasteiger partial charge on any atom is 0.134 e. The summed E-state index contributed by atoms with van der Waals surface area (Å²) in [5.74, 6) is -0.856. The van der Waals surface area contributed by atoms with Crippen molar-refractivity contribution in [2.24, 2.45) is 0 Å². The molecule has 1 nitrogen and oxygen atoms in total. The van der Waals surface area contributed by atoms with Crippen LogP contribution in [-0.4, -0.2) is 0 Å². The summed E-state index contributed by atoms with van der Waals surface area (Å²) in [4.78, 5) is 0. The topological polar surface area (TPSA) is 26.0 Å². The van der Waals surface area contributed by atoms with Gasteiger partial charge in [0.05, 0.1) is 0 Å². The lowest BCUT2D eigenvalue weighted by molar-refractivity contribution is 0.582. The third kappa shape index (κ3) is 2.92. The number of fused-ring (bicyclic) bond motifs is 1. The monoisotopic (exact) mass is 279 g/mol. The van der Waals surface area contributed by atoms with Gasteiger partial charge in [-0.1, -0.05) is 34.6 Å². The number of aryl methyl sites for hydroxylation is 1. The molecule has 0 atom stereocenters. The first-order chi connectivity index (χ1) is 9.45. The second-order valence-corrected chi connectivity index (χ2v) is 4.86. The zero-order valence-electron chi connectivity index (χ0n) is 12.8. The molecule has 0 fully saturated rings. The molecule has 0 saturated heterocycles. The number of halogens is 2. The van der Waals surface area contributed by atoms with E-state index in [1.807, 2.05) is 40.7 Å². The van der Waals surface area contributed by atoms with Crippen molar-refractivity contribution >= 4 is 16.5 Å². The van der Waals surface area contributed by atoms with Crippen LogP contribution in [0.15, 0.2) is 18.2 Å². The number of anilines is 1. The molecular formula is C17H23F2N. The van der Waals surface area contributed by atoms with Gasteiger partial charge in [0.15, 0.2) is 0 Å². The van der Waals surface area contributed by atoms with Crippen LogP contribution >= 0.6 is 0 Å². The van der Waals surface area contributed by atoms with Gasteiger partial charge in [-0.25, -0.2) is 8.78 Å². The van der Waals surface area contributed by atoms with E-state index in [0.717, 1.165) is 11.6 Å². The van der Waals surface area contributed by atoms with Crippen molar-refractivity contribution < 1.29 is 8.78 Å². The first kappa shape index (κ1) is 16.4. The molecule has 0 heterocycles. The van der Waals surface area contributed by atoms with Gasteiger partial charge in [-0.3, -0.25) is 0 Å². The van der Waals surface area contributed by atoms with Gasteiger partial charge in [0, 0.05) is 17.1 Å². The van der Waals surface area contributed by atoms with E-state index >= 15 is 0 Å². The lowest BCUT2D eigenvalue weighted by atomic mass is 9.90. The van der Waals surface area contributed by atoms with E-state index in [-0.39, 0.29) is 5.92 Å². The van der Waals surface area contributed by atoms with Gasteiger partial charge in [-0.05, 0) is 41.0 Å². The fourth-order valence-electron chi connectivity index (χ4n) is 2.41. The summed E-state index contributed by atoms with van der Waals surface area (Å²) in [6.07, 6.45) is 0.534. The van der Waals surface area contributed by atoms with E-state index in [2.05, 4.69) is 0 Å². The molecule has 110 valence electrons. The minimum absolute atomic E-state index is 0.169. The Kier molecular flexibility index (Phi) is 5.49. The summed E-state index contributed by atoms with van der Waals surface area (Å²) >= 11 is 0. The highest BCUT2D eigenvalue weighted by Crippen LogP contribution is 2.34. The molecule has 20 heavy (non-hydrogen) atoms. The van der Waals surface area contributed by atoms with Gasteiger partial charge in [-0.2, -0.15) is 0 Å². The van der Waals surface area contributed by atoms with Gasteiger partial charge < -0.3 is 5.73 Å². The summed E-state index contributed by atoms with van der Waals surface area (Å²) in [6, 6.07) is 4.34. The lowest BCUT2D eigenvalue weighted by Gasteiger charge is -2.16. The molecule has 0 spiro atoms. The van der Waals surface area contributed by atoms with E-state index in [1.165, 1.54) is 0 Å². The first-order valence-electron chi connectivity index (χ1n) is 7.15.